The summed E-state index contributed by atoms with van der Waals surface area (Å²) < 4.78 is 1.29. The predicted molar refractivity (Wildman–Crippen MR) is 143 cm³/mol. The number of aromatic carboxylic acids is 1. The van der Waals surface area contributed by atoms with Gasteiger partial charge < -0.3 is 51.4 Å². The molecule has 0 spiro atoms. The number of carbonyl (C=O) groups is 3. The number of carboxylic acids is 1. The van der Waals surface area contributed by atoms with E-state index in [1.807, 2.05) is 67.8 Å². The van der Waals surface area contributed by atoms with Crippen molar-refractivity contribution in [3.8, 4) is 0 Å². The van der Waals surface area contributed by atoms with Gasteiger partial charge in [-0.1, -0.05) is 0 Å². The molecule has 1 aromatic rings. The van der Waals surface area contributed by atoms with E-state index in [1.165, 1.54) is 13.8 Å². The van der Waals surface area contributed by atoms with E-state index in [2.05, 4.69) is 16.0 Å². The maximum Gasteiger partial charge on any atom is 1.00 e. The third kappa shape index (κ3) is 11.3. The largest absolute Gasteiger partial charge is 1.00 e. The second-order valence-electron chi connectivity index (χ2n) is 6.57. The zero-order chi connectivity index (χ0) is 26.0. The van der Waals surface area contributed by atoms with Crippen LogP contribution >= 0.6 is 67.8 Å². The first kappa shape index (κ1) is 36.7. The summed E-state index contributed by atoms with van der Waals surface area (Å²) in [6, 6.07) is 0. The Morgan fingerprint density at radius 3 is 1.53 bits per heavy atom. The summed E-state index contributed by atoms with van der Waals surface area (Å²) in [5.41, 5.74) is 0.642. The number of hydrogen-bond donors (Lipinski definition) is 8. The van der Waals surface area contributed by atoms with E-state index in [0.717, 1.165) is 0 Å². The van der Waals surface area contributed by atoms with E-state index in [9.17, 15) is 24.6 Å². The van der Waals surface area contributed by atoms with Gasteiger partial charge in [0.15, 0.2) is 0 Å². The normalized spacial score (nSPS) is 13.9. The molecule has 8 N–H and O–H groups in total. The maximum atomic E-state index is 11.3. The van der Waals surface area contributed by atoms with Crippen LogP contribution in [0.15, 0.2) is 0 Å². The summed E-state index contributed by atoms with van der Waals surface area (Å²) >= 11 is 5.61. The molecule has 0 unspecified atom stereocenters. The third-order valence-electron chi connectivity index (χ3n) is 3.86. The molecule has 34 heavy (non-hydrogen) atoms. The fraction of sp³-hybridized carbons (Fsp3) is 0.500. The molecule has 0 fully saturated rings. The van der Waals surface area contributed by atoms with E-state index < -0.39 is 37.0 Å². The number of aliphatic hydroxyl groups is 5. The van der Waals surface area contributed by atoms with Crippen LogP contribution in [0.3, 0.4) is 0 Å². The molecule has 0 heterocycles. The van der Waals surface area contributed by atoms with Crippen LogP contribution in [0.1, 0.15) is 24.2 Å². The molecule has 16 heteroatoms. The van der Waals surface area contributed by atoms with Crippen molar-refractivity contribution < 1.29 is 74.6 Å². The third-order valence-corrected chi connectivity index (χ3v) is 7.10. The minimum Gasteiger partial charge on any atom is -0.545 e. The quantitative estimate of drug-likeness (QED) is 0.0883. The van der Waals surface area contributed by atoms with Crippen molar-refractivity contribution in [3.63, 3.8) is 0 Å². The van der Waals surface area contributed by atoms with Crippen molar-refractivity contribution in [2.24, 2.45) is 0 Å². The number of halogens is 3. The first-order valence-electron chi connectivity index (χ1n) is 9.15. The molecule has 0 aliphatic carbocycles. The van der Waals surface area contributed by atoms with Gasteiger partial charge in [-0.15, -0.1) is 0 Å². The van der Waals surface area contributed by atoms with Crippen molar-refractivity contribution >= 4 is 96.9 Å². The van der Waals surface area contributed by atoms with Gasteiger partial charge in [-0.2, -0.15) is 0 Å². The second kappa shape index (κ2) is 17.9. The summed E-state index contributed by atoms with van der Waals surface area (Å²) in [6.45, 7) is 2.07. The molecular weight excluding hydrogens is 806 g/mol. The first-order valence-corrected chi connectivity index (χ1v) is 12.4. The zero-order valence-electron chi connectivity index (χ0n) is 18.7. The number of carboxylic acid groups (broad SMARTS) is 1. The first-order chi connectivity index (χ1) is 15.2. The minimum absolute atomic E-state index is 0. The molecule has 0 aromatic heterocycles. The van der Waals surface area contributed by atoms with Crippen molar-refractivity contribution in [2.75, 3.05) is 30.8 Å². The van der Waals surface area contributed by atoms with Crippen LogP contribution in [-0.4, -0.2) is 87.9 Å². The molecule has 4 atom stereocenters. The fourth-order valence-corrected chi connectivity index (χ4v) is 6.45. The minimum atomic E-state index is -1.55. The van der Waals surface area contributed by atoms with Crippen LogP contribution in [0, 0.1) is 10.7 Å². The Balaban J connectivity index is 0. The average molecular weight is 831 g/mol. The van der Waals surface area contributed by atoms with Crippen molar-refractivity contribution in [1.82, 2.24) is 5.32 Å². The molecule has 0 aliphatic rings. The molecule has 12 nitrogen and oxygen atoms in total. The van der Waals surface area contributed by atoms with Crippen LogP contribution in [-0.2, 0) is 9.59 Å². The molecule has 0 bridgehead atoms. The number of nitrogens with one attached hydrogen (secondary N) is 3. The number of amides is 2. The Hall–Kier alpha value is 0.580. The fourth-order valence-electron chi connectivity index (χ4n) is 2.31. The number of rotatable bonds is 9. The van der Waals surface area contributed by atoms with E-state index in [0.29, 0.717) is 22.1 Å². The topological polar surface area (TPSA) is 212 Å². The van der Waals surface area contributed by atoms with Gasteiger partial charge in [0.1, 0.15) is 18.3 Å². The van der Waals surface area contributed by atoms with E-state index >= 15 is 0 Å². The summed E-state index contributed by atoms with van der Waals surface area (Å²) in [5.74, 6) is -2.03. The molecule has 0 aliphatic heterocycles. The number of aliphatic hydroxyl groups excluding tert-OH is 5. The average Bonchev–Trinajstić information content (AvgIpc) is 2.72. The monoisotopic (exact) mass is 831 g/mol. The molecule has 0 radical (unpaired) electrons. The van der Waals surface area contributed by atoms with Gasteiger partial charge in [-0.3, -0.25) is 9.59 Å². The van der Waals surface area contributed by atoms with Crippen LogP contribution < -0.4 is 50.6 Å². The standard InChI is InChI=1S/C11H9I3N2O4.C7H17NO5.Na/c1-3(17)15-9-6(12)5(11(19)20)7(13)10(8(9)14)16-4(2)18;1-8-2-4(10)6(12)7(13)5(11)3-9;/h1-2H3,(H,15,17)(H,16,18)(H,19,20);4-13H,2-3H2,1H3;/q;;+1/p-1/t;4-,5+,6+,7+;/m.0./s1. The van der Waals surface area contributed by atoms with Crippen molar-refractivity contribution in [2.45, 2.75) is 38.3 Å². The van der Waals surface area contributed by atoms with Crippen molar-refractivity contribution in [3.05, 3.63) is 16.3 Å². The Morgan fingerprint density at radius 2 is 1.24 bits per heavy atom. The smallest absolute Gasteiger partial charge is 0.545 e. The molecule has 1 rings (SSSR count). The Kier molecular flexibility index (Phi) is 19.4. The Labute approximate surface area is 259 Å². The van der Waals surface area contributed by atoms with Gasteiger partial charge >= 0.3 is 29.6 Å². The number of carbonyl (C=O) groups excluding carboxylic acids is 3. The van der Waals surface area contributed by atoms with Crippen LogP contribution in [0.4, 0.5) is 11.4 Å². The molecule has 188 valence electrons. The van der Waals surface area contributed by atoms with Gasteiger partial charge in [0.05, 0.1) is 33.6 Å². The summed E-state index contributed by atoms with van der Waals surface area (Å²) in [7, 11) is 1.57. The van der Waals surface area contributed by atoms with E-state index in [4.69, 9.17) is 20.4 Å². The number of benzene rings is 1. The summed E-state index contributed by atoms with van der Waals surface area (Å²) in [4.78, 5) is 33.8. The Bertz CT molecular complexity index is 821. The number of likely N-dealkylation sites (N-methyl/N-ethyl adjacent to an activating group) is 1. The van der Waals surface area contributed by atoms with Gasteiger partial charge in [0, 0.05) is 33.1 Å². The van der Waals surface area contributed by atoms with Gasteiger partial charge in [0.2, 0.25) is 11.8 Å². The van der Waals surface area contributed by atoms with Crippen LogP contribution in [0.2, 0.25) is 0 Å². The van der Waals surface area contributed by atoms with Gasteiger partial charge in [-0.05, 0) is 74.8 Å². The molecule has 0 saturated carbocycles. The van der Waals surface area contributed by atoms with E-state index in [-0.39, 0.29) is 53.5 Å². The zero-order valence-corrected chi connectivity index (χ0v) is 27.2. The summed E-state index contributed by atoms with van der Waals surface area (Å²) in [5, 5.41) is 63.9. The van der Waals surface area contributed by atoms with E-state index in [1.54, 1.807) is 7.05 Å². The predicted octanol–water partition coefficient (Wildman–Crippen LogP) is -4.57. The molecule has 1 aromatic carbocycles. The number of hydrogen-bond acceptors (Lipinski definition) is 10. The number of anilines is 2. The molecular formula is C18H25I3N3NaO9. The van der Waals surface area contributed by atoms with Gasteiger partial charge in [0.25, 0.3) is 0 Å². The maximum absolute atomic E-state index is 11.3. The molecule has 0 saturated heterocycles. The second-order valence-corrected chi connectivity index (χ2v) is 9.81. The van der Waals surface area contributed by atoms with Crippen LogP contribution in [0.5, 0.6) is 0 Å². The summed E-state index contributed by atoms with van der Waals surface area (Å²) in [6.07, 6.45) is -5.65. The molecule has 2 amide bonds. The van der Waals surface area contributed by atoms with Crippen molar-refractivity contribution in [1.29, 1.82) is 0 Å². The van der Waals surface area contributed by atoms with Gasteiger partial charge in [-0.25, -0.2) is 0 Å². The van der Waals surface area contributed by atoms with Crippen LogP contribution in [0.25, 0.3) is 0 Å². The SMILES string of the molecule is CC(=O)Nc1c(I)c(NC(C)=O)c(I)c(C(=O)[O-])c1I.CNC[C@H](O)[C@@H](O)[C@H](O)[C@H](O)CO.[Na+]. The Morgan fingerprint density at radius 1 is 0.853 bits per heavy atom.